The van der Waals surface area contributed by atoms with Crippen molar-refractivity contribution in [2.75, 3.05) is 55.9 Å². The van der Waals surface area contributed by atoms with Crippen LogP contribution in [0.1, 0.15) is 59.9 Å². The molecule has 1 amide bonds. The van der Waals surface area contributed by atoms with Gasteiger partial charge in [-0.25, -0.2) is 9.97 Å². The minimum atomic E-state index is -0.171. The van der Waals surface area contributed by atoms with Gasteiger partial charge in [-0.3, -0.25) is 9.48 Å². The molecule has 0 radical (unpaired) electrons. The number of nitrogens with one attached hydrogen (secondary N) is 2. The van der Waals surface area contributed by atoms with Crippen LogP contribution in [-0.4, -0.2) is 70.9 Å². The number of nitrogens with zero attached hydrogens (tertiary/aromatic N) is 6. The topological polar surface area (TPSA) is 100 Å². The Bertz CT molecular complexity index is 1670. The summed E-state index contributed by atoms with van der Waals surface area (Å²) < 4.78 is 7.71. The van der Waals surface area contributed by atoms with Gasteiger partial charge in [-0.05, 0) is 74.9 Å². The van der Waals surface area contributed by atoms with Crippen LogP contribution >= 0.6 is 0 Å². The van der Waals surface area contributed by atoms with E-state index in [1.54, 1.807) is 7.11 Å². The zero-order valence-electron chi connectivity index (χ0n) is 27.1. The highest BCUT2D eigenvalue weighted by molar-refractivity contribution is 6.05. The van der Waals surface area contributed by atoms with Crippen LogP contribution in [0.15, 0.2) is 42.6 Å². The van der Waals surface area contributed by atoms with Gasteiger partial charge in [0.2, 0.25) is 5.95 Å². The van der Waals surface area contributed by atoms with Crippen molar-refractivity contribution in [3.8, 4) is 17.1 Å². The number of hydrogen-bond acceptors (Lipinski definition) is 8. The SMILES string of the molecule is CCc1cccc(CC)c1NC(=O)c1nn(CC)c2c1CCCc1cnc(Nc3ccc(N4CCN(C)CC4)cc3OC)nc1-2. The van der Waals surface area contributed by atoms with Crippen LogP contribution < -0.4 is 20.3 Å². The number of hydrogen-bond donors (Lipinski definition) is 2. The molecule has 6 rings (SSSR count). The van der Waals surface area contributed by atoms with Gasteiger partial charge in [0.25, 0.3) is 5.91 Å². The third-order valence-electron chi connectivity index (χ3n) is 9.06. The molecule has 10 nitrogen and oxygen atoms in total. The molecule has 45 heavy (non-hydrogen) atoms. The number of methoxy groups -OCH3 is 1. The van der Waals surface area contributed by atoms with E-state index in [0.717, 1.165) is 115 Å². The molecule has 2 aliphatic rings. The number of anilines is 4. The molecule has 1 aliphatic heterocycles. The number of carbonyl (C=O) groups is 1. The molecule has 4 aromatic rings. The first kappa shape index (κ1) is 30.6. The van der Waals surface area contributed by atoms with E-state index < -0.39 is 0 Å². The van der Waals surface area contributed by atoms with Crippen molar-refractivity contribution in [3.63, 3.8) is 0 Å². The van der Waals surface area contributed by atoms with Crippen LogP contribution in [0.25, 0.3) is 11.4 Å². The number of likely N-dealkylation sites (N-methyl/N-ethyl adjacent to an activating group) is 1. The predicted molar refractivity (Wildman–Crippen MR) is 180 cm³/mol. The van der Waals surface area contributed by atoms with Gasteiger partial charge in [0.1, 0.15) is 5.75 Å². The number of benzene rings is 2. The highest BCUT2D eigenvalue weighted by Gasteiger charge is 2.29. The minimum absolute atomic E-state index is 0.171. The third-order valence-corrected chi connectivity index (χ3v) is 9.06. The Morgan fingerprint density at radius 1 is 1.00 bits per heavy atom. The first-order valence-corrected chi connectivity index (χ1v) is 16.2. The second kappa shape index (κ2) is 13.3. The molecular formula is C35H44N8O2. The van der Waals surface area contributed by atoms with Crippen LogP contribution in [0.5, 0.6) is 5.75 Å². The molecule has 0 bridgehead atoms. The first-order chi connectivity index (χ1) is 21.9. The van der Waals surface area contributed by atoms with E-state index in [1.165, 1.54) is 0 Å². The lowest BCUT2D eigenvalue weighted by molar-refractivity contribution is 0.102. The van der Waals surface area contributed by atoms with Gasteiger partial charge in [0.15, 0.2) is 5.69 Å². The first-order valence-electron chi connectivity index (χ1n) is 16.2. The largest absolute Gasteiger partial charge is 0.494 e. The van der Waals surface area contributed by atoms with Gasteiger partial charge in [-0.1, -0.05) is 32.0 Å². The molecule has 10 heteroatoms. The average Bonchev–Trinajstić information content (AvgIpc) is 3.34. The van der Waals surface area contributed by atoms with E-state index in [-0.39, 0.29) is 5.91 Å². The molecule has 0 saturated carbocycles. The normalized spacial score (nSPS) is 14.8. The Morgan fingerprint density at radius 2 is 1.76 bits per heavy atom. The number of amides is 1. The van der Waals surface area contributed by atoms with Crippen LogP contribution in [0.4, 0.5) is 23.0 Å². The smallest absolute Gasteiger partial charge is 0.276 e. The van der Waals surface area contributed by atoms with Gasteiger partial charge in [-0.2, -0.15) is 5.10 Å². The highest BCUT2D eigenvalue weighted by atomic mass is 16.5. The Balaban J connectivity index is 1.32. The maximum Gasteiger partial charge on any atom is 0.276 e. The molecule has 1 saturated heterocycles. The van der Waals surface area contributed by atoms with E-state index in [1.807, 2.05) is 23.9 Å². The van der Waals surface area contributed by atoms with E-state index in [9.17, 15) is 4.79 Å². The molecule has 2 aromatic heterocycles. The van der Waals surface area contributed by atoms with E-state index >= 15 is 0 Å². The third kappa shape index (κ3) is 6.11. The summed E-state index contributed by atoms with van der Waals surface area (Å²) in [6, 6.07) is 12.4. The number of fused-ring (bicyclic) bond motifs is 3. The molecule has 1 aliphatic carbocycles. The standard InChI is InChI=1S/C35H44N8O2/c1-6-23-11-9-12-24(7-2)30(23)38-34(44)32-27-14-10-13-25-22-36-35(39-31(25)33(27)43(8-3)40-32)37-28-16-15-26(21-29(28)45-5)42-19-17-41(4)18-20-42/h9,11-12,15-16,21-22H,6-8,10,13-14,17-20H2,1-5H3,(H,38,44)(H,36,37,39). The highest BCUT2D eigenvalue weighted by Crippen LogP contribution is 2.36. The Labute approximate surface area is 265 Å². The van der Waals surface area contributed by atoms with Crippen molar-refractivity contribution in [3.05, 3.63) is 70.5 Å². The second-order valence-electron chi connectivity index (χ2n) is 11.8. The zero-order valence-corrected chi connectivity index (χ0v) is 27.1. The number of carbonyl (C=O) groups excluding carboxylic acids is 1. The second-order valence-corrected chi connectivity index (χ2v) is 11.8. The molecule has 0 spiro atoms. The fourth-order valence-corrected chi connectivity index (χ4v) is 6.46. The number of rotatable bonds is 9. The van der Waals surface area contributed by atoms with E-state index in [2.05, 4.69) is 76.6 Å². The summed E-state index contributed by atoms with van der Waals surface area (Å²) in [5, 5.41) is 11.5. The molecule has 3 heterocycles. The molecule has 236 valence electrons. The lowest BCUT2D eigenvalue weighted by Gasteiger charge is -2.34. The van der Waals surface area contributed by atoms with Gasteiger partial charge < -0.3 is 25.2 Å². The van der Waals surface area contributed by atoms with Crippen molar-refractivity contribution in [2.24, 2.45) is 0 Å². The number of piperazine rings is 1. The minimum Gasteiger partial charge on any atom is -0.494 e. The van der Waals surface area contributed by atoms with Gasteiger partial charge in [-0.15, -0.1) is 0 Å². The lowest BCUT2D eigenvalue weighted by atomic mass is 10.0. The van der Waals surface area contributed by atoms with E-state index in [4.69, 9.17) is 14.8 Å². The van der Waals surface area contributed by atoms with Crippen molar-refractivity contribution < 1.29 is 9.53 Å². The van der Waals surface area contributed by atoms with Gasteiger partial charge >= 0.3 is 0 Å². The molecule has 2 aromatic carbocycles. The van der Waals surface area contributed by atoms with Gasteiger partial charge in [0.05, 0.1) is 24.2 Å². The lowest BCUT2D eigenvalue weighted by Crippen LogP contribution is -2.44. The van der Waals surface area contributed by atoms with Crippen LogP contribution in [0.2, 0.25) is 0 Å². The molecule has 0 unspecified atom stereocenters. The molecule has 2 N–H and O–H groups in total. The summed E-state index contributed by atoms with van der Waals surface area (Å²) in [5.41, 5.74) is 9.31. The number of aryl methyl sites for hydroxylation is 4. The summed E-state index contributed by atoms with van der Waals surface area (Å²) in [7, 11) is 3.85. The van der Waals surface area contributed by atoms with Crippen LogP contribution in [-0.2, 0) is 32.2 Å². The maximum atomic E-state index is 13.9. The Morgan fingerprint density at radius 3 is 2.44 bits per heavy atom. The molecule has 1 fully saturated rings. The van der Waals surface area contributed by atoms with Gasteiger partial charge in [0, 0.05) is 61.9 Å². The van der Waals surface area contributed by atoms with Crippen LogP contribution in [0.3, 0.4) is 0 Å². The number of ether oxygens (including phenoxy) is 1. The predicted octanol–water partition coefficient (Wildman–Crippen LogP) is 5.73. The quantitative estimate of drug-likeness (QED) is 0.249. The number of aromatic nitrogens is 4. The molecular weight excluding hydrogens is 564 g/mol. The van der Waals surface area contributed by atoms with E-state index in [0.29, 0.717) is 18.2 Å². The van der Waals surface area contributed by atoms with Crippen molar-refractivity contribution in [2.45, 2.75) is 59.4 Å². The van der Waals surface area contributed by atoms with Crippen LogP contribution in [0, 0.1) is 0 Å². The molecule has 0 atom stereocenters. The fourth-order valence-electron chi connectivity index (χ4n) is 6.46. The fraction of sp³-hybridized carbons (Fsp3) is 0.429. The Hall–Kier alpha value is -4.44. The van der Waals surface area contributed by atoms with Crippen molar-refractivity contribution in [1.29, 1.82) is 0 Å². The average molecular weight is 609 g/mol. The summed E-state index contributed by atoms with van der Waals surface area (Å²) in [6.45, 7) is 10.9. The monoisotopic (exact) mass is 608 g/mol. The van der Waals surface area contributed by atoms with Crippen molar-refractivity contribution >= 4 is 28.9 Å². The summed E-state index contributed by atoms with van der Waals surface area (Å²) in [6.07, 6.45) is 6.05. The van der Waals surface area contributed by atoms with Crippen molar-refractivity contribution in [1.82, 2.24) is 24.6 Å². The maximum absolute atomic E-state index is 13.9. The summed E-state index contributed by atoms with van der Waals surface area (Å²) >= 11 is 0. The summed E-state index contributed by atoms with van der Waals surface area (Å²) in [4.78, 5) is 28.3. The zero-order chi connectivity index (χ0) is 31.5. The Kier molecular flexibility index (Phi) is 9.02. The number of para-hydroxylation sites is 1. The summed E-state index contributed by atoms with van der Waals surface area (Å²) in [5.74, 6) is 1.05.